The van der Waals surface area contributed by atoms with Crippen LogP contribution in [0.5, 0.6) is 0 Å². The molecule has 1 aliphatic carbocycles. The van der Waals surface area contributed by atoms with Crippen LogP contribution < -0.4 is 10.6 Å². The molecule has 1 heterocycles. The van der Waals surface area contributed by atoms with Crippen LogP contribution in [0, 0.1) is 0 Å². The van der Waals surface area contributed by atoms with E-state index in [1.807, 2.05) is 12.1 Å². The summed E-state index contributed by atoms with van der Waals surface area (Å²) in [5.41, 5.74) is 2.20. The molecule has 35 heavy (non-hydrogen) atoms. The molecule has 2 amide bonds. The number of benzene rings is 3. The third-order valence-electron chi connectivity index (χ3n) is 5.66. The van der Waals surface area contributed by atoms with E-state index in [0.29, 0.717) is 22.7 Å². The molecule has 4 aromatic rings. The van der Waals surface area contributed by atoms with Gasteiger partial charge in [-0.1, -0.05) is 24.3 Å². The number of carbonyl (C=O) groups is 2. The first-order chi connectivity index (χ1) is 16.8. The van der Waals surface area contributed by atoms with Crippen LogP contribution in [0.3, 0.4) is 0 Å². The number of carbonyl (C=O) groups excluding carboxylic acids is 2. The van der Waals surface area contributed by atoms with Gasteiger partial charge >= 0.3 is 6.18 Å². The Bertz CT molecular complexity index is 1410. The summed E-state index contributed by atoms with van der Waals surface area (Å²) in [6.07, 6.45) is -2.38. The molecule has 2 N–H and O–H groups in total. The number of alkyl halides is 3. The molecule has 0 saturated heterocycles. The van der Waals surface area contributed by atoms with E-state index < -0.39 is 11.7 Å². The molecule has 0 atom stereocenters. The minimum absolute atomic E-state index is 0.0184. The number of nitrogens with one attached hydrogen (secondary N) is 2. The van der Waals surface area contributed by atoms with Crippen molar-refractivity contribution in [2.24, 2.45) is 0 Å². The van der Waals surface area contributed by atoms with E-state index in [2.05, 4.69) is 15.6 Å². The molecule has 0 unspecified atom stereocenters. The second-order valence-corrected chi connectivity index (χ2v) is 9.44. The van der Waals surface area contributed by atoms with Crippen LogP contribution >= 0.6 is 11.3 Å². The van der Waals surface area contributed by atoms with Gasteiger partial charge in [-0.05, 0) is 60.9 Å². The molecule has 1 aromatic heterocycles. The van der Waals surface area contributed by atoms with Gasteiger partial charge in [-0.3, -0.25) is 9.59 Å². The largest absolute Gasteiger partial charge is 0.416 e. The van der Waals surface area contributed by atoms with E-state index in [0.717, 1.165) is 45.8 Å². The van der Waals surface area contributed by atoms with Crippen LogP contribution in [0.2, 0.25) is 0 Å². The van der Waals surface area contributed by atoms with Crippen molar-refractivity contribution < 1.29 is 22.8 Å². The highest BCUT2D eigenvalue weighted by atomic mass is 32.1. The van der Waals surface area contributed by atoms with Crippen LogP contribution in [0.4, 0.5) is 13.2 Å². The molecule has 1 aliphatic rings. The first-order valence-corrected chi connectivity index (χ1v) is 11.8. The number of thiazole rings is 1. The summed E-state index contributed by atoms with van der Waals surface area (Å²) in [5.74, 6) is -0.463. The van der Waals surface area contributed by atoms with Crippen LogP contribution in [0.15, 0.2) is 66.7 Å². The molecule has 5 rings (SSSR count). The maximum absolute atomic E-state index is 12.9. The Morgan fingerprint density at radius 2 is 1.69 bits per heavy atom. The molecule has 5 nitrogen and oxygen atoms in total. The molecule has 0 bridgehead atoms. The van der Waals surface area contributed by atoms with Gasteiger partial charge in [-0.2, -0.15) is 13.2 Å². The lowest BCUT2D eigenvalue weighted by molar-refractivity contribution is -0.137. The standard InChI is InChI=1S/C26H20F3N3O2S/c27-26(28,29)19-3-1-2-15(12-19)14-30-23(33)18-8-11-21-22(13-18)35-25(32-21)17-6-4-16(5-7-17)24(34)31-20-9-10-20/h1-8,11-13,20H,9-10,14H2,(H,30,33)(H,31,34). The smallest absolute Gasteiger partial charge is 0.349 e. The Morgan fingerprint density at radius 3 is 2.40 bits per heavy atom. The number of halogens is 3. The number of hydrogen-bond acceptors (Lipinski definition) is 4. The summed E-state index contributed by atoms with van der Waals surface area (Å²) in [4.78, 5) is 29.4. The third-order valence-corrected chi connectivity index (χ3v) is 6.73. The minimum Gasteiger partial charge on any atom is -0.349 e. The summed E-state index contributed by atoms with van der Waals surface area (Å²) >= 11 is 1.42. The highest BCUT2D eigenvalue weighted by Gasteiger charge is 2.30. The fraction of sp³-hybridized carbons (Fsp3) is 0.192. The Balaban J connectivity index is 1.28. The number of hydrogen-bond donors (Lipinski definition) is 2. The predicted molar refractivity (Wildman–Crippen MR) is 128 cm³/mol. The first-order valence-electron chi connectivity index (χ1n) is 11.0. The summed E-state index contributed by atoms with van der Waals surface area (Å²) in [6, 6.07) is 17.5. The van der Waals surface area contributed by atoms with Crippen LogP contribution in [0.1, 0.15) is 44.7 Å². The molecule has 0 spiro atoms. The zero-order chi connectivity index (χ0) is 24.6. The van der Waals surface area contributed by atoms with Gasteiger partial charge < -0.3 is 10.6 Å². The zero-order valence-corrected chi connectivity index (χ0v) is 19.2. The van der Waals surface area contributed by atoms with Gasteiger partial charge in [0.15, 0.2) is 0 Å². The van der Waals surface area contributed by atoms with Gasteiger partial charge in [0.25, 0.3) is 11.8 Å². The van der Waals surface area contributed by atoms with Gasteiger partial charge in [0.1, 0.15) is 5.01 Å². The van der Waals surface area contributed by atoms with Gasteiger partial charge in [0.05, 0.1) is 15.8 Å². The summed E-state index contributed by atoms with van der Waals surface area (Å²) in [7, 11) is 0. The van der Waals surface area contributed by atoms with Gasteiger partial charge in [0, 0.05) is 29.3 Å². The molecule has 0 aliphatic heterocycles. The maximum Gasteiger partial charge on any atom is 0.416 e. The van der Waals surface area contributed by atoms with Crippen molar-refractivity contribution in [2.45, 2.75) is 31.6 Å². The second-order valence-electron chi connectivity index (χ2n) is 8.41. The highest BCUT2D eigenvalue weighted by molar-refractivity contribution is 7.21. The van der Waals surface area contributed by atoms with E-state index in [1.54, 1.807) is 30.3 Å². The van der Waals surface area contributed by atoms with Gasteiger partial charge in [-0.25, -0.2) is 4.98 Å². The Labute approximate surface area is 203 Å². The second kappa shape index (κ2) is 9.14. The minimum atomic E-state index is -4.43. The number of rotatable bonds is 6. The Kier molecular flexibility index (Phi) is 6.02. The fourth-order valence-electron chi connectivity index (χ4n) is 3.59. The average Bonchev–Trinajstić information content (AvgIpc) is 3.56. The first kappa shape index (κ1) is 23.0. The van der Waals surface area contributed by atoms with Crippen molar-refractivity contribution in [1.29, 1.82) is 0 Å². The van der Waals surface area contributed by atoms with E-state index in [4.69, 9.17) is 0 Å². The quantitative estimate of drug-likeness (QED) is 0.355. The monoisotopic (exact) mass is 495 g/mol. The molecule has 3 aromatic carbocycles. The molecule has 178 valence electrons. The lowest BCUT2D eigenvalue weighted by Gasteiger charge is -2.09. The van der Waals surface area contributed by atoms with Crippen molar-refractivity contribution in [3.8, 4) is 10.6 Å². The lowest BCUT2D eigenvalue weighted by Crippen LogP contribution is -2.25. The van der Waals surface area contributed by atoms with Crippen molar-refractivity contribution >= 4 is 33.4 Å². The van der Waals surface area contributed by atoms with Crippen molar-refractivity contribution in [3.63, 3.8) is 0 Å². The number of nitrogens with zero attached hydrogens (tertiary/aromatic N) is 1. The molecule has 9 heteroatoms. The zero-order valence-electron chi connectivity index (χ0n) is 18.4. The van der Waals surface area contributed by atoms with Crippen molar-refractivity contribution in [2.75, 3.05) is 0 Å². The van der Waals surface area contributed by atoms with E-state index in [9.17, 15) is 22.8 Å². The van der Waals surface area contributed by atoms with E-state index in [1.165, 1.54) is 23.5 Å². The SMILES string of the molecule is O=C(NCc1cccc(C(F)(F)F)c1)c1ccc2nc(-c3ccc(C(=O)NC4CC4)cc3)sc2c1. The molecule has 1 saturated carbocycles. The van der Waals surface area contributed by atoms with Gasteiger partial charge in [0.2, 0.25) is 0 Å². The normalized spacial score (nSPS) is 13.6. The summed E-state index contributed by atoms with van der Waals surface area (Å²) in [5, 5.41) is 6.39. The Morgan fingerprint density at radius 1 is 0.943 bits per heavy atom. The van der Waals surface area contributed by atoms with Crippen LogP contribution in [0.25, 0.3) is 20.8 Å². The molecule has 1 fully saturated rings. The van der Waals surface area contributed by atoms with Crippen molar-refractivity contribution in [3.05, 3.63) is 89.0 Å². The number of fused-ring (bicyclic) bond motifs is 1. The lowest BCUT2D eigenvalue weighted by atomic mass is 10.1. The van der Waals surface area contributed by atoms with Crippen LogP contribution in [-0.2, 0) is 12.7 Å². The predicted octanol–water partition coefficient (Wildman–Crippen LogP) is 5.80. The van der Waals surface area contributed by atoms with E-state index in [-0.39, 0.29) is 18.4 Å². The van der Waals surface area contributed by atoms with Crippen LogP contribution in [-0.4, -0.2) is 22.8 Å². The fourth-order valence-corrected chi connectivity index (χ4v) is 4.60. The summed E-state index contributed by atoms with van der Waals surface area (Å²) < 4.78 is 39.5. The summed E-state index contributed by atoms with van der Waals surface area (Å²) in [6.45, 7) is -0.0184. The molecular formula is C26H20F3N3O2S. The van der Waals surface area contributed by atoms with Crippen molar-refractivity contribution in [1.82, 2.24) is 15.6 Å². The van der Waals surface area contributed by atoms with Gasteiger partial charge in [-0.15, -0.1) is 11.3 Å². The van der Waals surface area contributed by atoms with E-state index >= 15 is 0 Å². The number of amides is 2. The highest BCUT2D eigenvalue weighted by Crippen LogP contribution is 2.32. The third kappa shape index (κ3) is 5.35. The average molecular weight is 496 g/mol. The Hall–Kier alpha value is -3.72. The topological polar surface area (TPSA) is 71.1 Å². The molecule has 0 radical (unpaired) electrons. The molecular weight excluding hydrogens is 475 g/mol. The maximum atomic E-state index is 12.9. The number of aromatic nitrogens is 1.